The molecule has 1 aromatic carbocycles. The van der Waals surface area contributed by atoms with Crippen LogP contribution in [0.2, 0.25) is 0 Å². The van der Waals surface area contributed by atoms with Gasteiger partial charge in [-0.2, -0.15) is 5.10 Å². The SMILES string of the molecule is COc1cc(O)cc(-c2cc(N)n[nH]2)c1OC. The van der Waals surface area contributed by atoms with Crippen molar-refractivity contribution in [3.05, 3.63) is 18.2 Å². The Labute approximate surface area is 98.0 Å². The molecule has 0 aliphatic rings. The Morgan fingerprint density at radius 2 is 2.00 bits per heavy atom. The van der Waals surface area contributed by atoms with Crippen molar-refractivity contribution in [2.24, 2.45) is 0 Å². The van der Waals surface area contributed by atoms with Crippen LogP contribution in [0.1, 0.15) is 0 Å². The van der Waals surface area contributed by atoms with Crippen LogP contribution in [0.3, 0.4) is 0 Å². The summed E-state index contributed by atoms with van der Waals surface area (Å²) < 4.78 is 10.4. The fourth-order valence-electron chi connectivity index (χ4n) is 1.63. The molecule has 6 heteroatoms. The van der Waals surface area contributed by atoms with Gasteiger partial charge in [-0.25, -0.2) is 0 Å². The minimum absolute atomic E-state index is 0.0748. The summed E-state index contributed by atoms with van der Waals surface area (Å²) in [6, 6.07) is 4.67. The summed E-state index contributed by atoms with van der Waals surface area (Å²) in [5.74, 6) is 1.39. The monoisotopic (exact) mass is 235 g/mol. The smallest absolute Gasteiger partial charge is 0.170 e. The molecule has 0 aliphatic carbocycles. The second kappa shape index (κ2) is 4.25. The minimum atomic E-state index is 0.0748. The maximum Gasteiger partial charge on any atom is 0.170 e. The molecule has 0 fully saturated rings. The molecule has 1 aromatic heterocycles. The Balaban J connectivity index is 2.63. The number of H-pyrrole nitrogens is 1. The lowest BCUT2D eigenvalue weighted by atomic mass is 10.1. The van der Waals surface area contributed by atoms with E-state index in [9.17, 15) is 5.11 Å². The average molecular weight is 235 g/mol. The first-order valence-electron chi connectivity index (χ1n) is 4.92. The molecule has 0 radical (unpaired) electrons. The number of rotatable bonds is 3. The van der Waals surface area contributed by atoms with Crippen LogP contribution in [0.5, 0.6) is 17.2 Å². The van der Waals surface area contributed by atoms with Crippen LogP contribution in [-0.2, 0) is 0 Å². The van der Waals surface area contributed by atoms with E-state index in [0.717, 1.165) is 0 Å². The number of aromatic amines is 1. The van der Waals surface area contributed by atoms with Gasteiger partial charge >= 0.3 is 0 Å². The number of nitrogens with two attached hydrogens (primary N) is 1. The largest absolute Gasteiger partial charge is 0.508 e. The Morgan fingerprint density at radius 3 is 2.53 bits per heavy atom. The normalized spacial score (nSPS) is 10.2. The zero-order chi connectivity index (χ0) is 12.4. The highest BCUT2D eigenvalue weighted by molar-refractivity contribution is 5.74. The van der Waals surface area contributed by atoms with Gasteiger partial charge < -0.3 is 20.3 Å². The number of nitrogens with zero attached hydrogens (tertiary/aromatic N) is 1. The van der Waals surface area contributed by atoms with Crippen molar-refractivity contribution >= 4 is 5.82 Å². The van der Waals surface area contributed by atoms with Crippen molar-refractivity contribution in [1.82, 2.24) is 10.2 Å². The van der Waals surface area contributed by atoms with E-state index in [1.807, 2.05) is 0 Å². The number of benzene rings is 1. The number of methoxy groups -OCH3 is 2. The molecule has 17 heavy (non-hydrogen) atoms. The molecule has 0 bridgehead atoms. The number of nitrogen functional groups attached to an aromatic ring is 1. The van der Waals surface area contributed by atoms with E-state index < -0.39 is 0 Å². The predicted octanol–water partition coefficient (Wildman–Crippen LogP) is 1.38. The highest BCUT2D eigenvalue weighted by Gasteiger charge is 2.15. The average Bonchev–Trinajstić information content (AvgIpc) is 2.74. The third-order valence-electron chi connectivity index (χ3n) is 2.35. The molecule has 0 amide bonds. The van der Waals surface area contributed by atoms with E-state index in [-0.39, 0.29) is 5.75 Å². The molecule has 0 unspecified atom stereocenters. The van der Waals surface area contributed by atoms with Gasteiger partial charge in [0, 0.05) is 17.7 Å². The van der Waals surface area contributed by atoms with Gasteiger partial charge in [-0.15, -0.1) is 0 Å². The molecule has 0 aliphatic heterocycles. The lowest BCUT2D eigenvalue weighted by Gasteiger charge is -2.12. The number of phenolic OH excluding ortho intramolecular Hbond substituents is 1. The van der Waals surface area contributed by atoms with Crippen molar-refractivity contribution in [3.63, 3.8) is 0 Å². The standard InChI is InChI=1S/C11H13N3O3/c1-16-9-4-6(15)3-7(11(9)17-2)8-5-10(12)14-13-8/h3-5,15H,1-2H3,(H3,12,13,14). The number of hydrogen-bond donors (Lipinski definition) is 3. The lowest BCUT2D eigenvalue weighted by molar-refractivity contribution is 0.352. The van der Waals surface area contributed by atoms with Crippen LogP contribution in [0.15, 0.2) is 18.2 Å². The summed E-state index contributed by atoms with van der Waals surface area (Å²) in [7, 11) is 3.03. The van der Waals surface area contributed by atoms with Crippen LogP contribution < -0.4 is 15.2 Å². The van der Waals surface area contributed by atoms with Crippen LogP contribution >= 0.6 is 0 Å². The quantitative estimate of drug-likeness (QED) is 0.747. The van der Waals surface area contributed by atoms with Crippen LogP contribution in [0, 0.1) is 0 Å². The number of aromatic nitrogens is 2. The molecule has 0 saturated carbocycles. The summed E-state index contributed by atoms with van der Waals surface area (Å²) in [6.07, 6.45) is 0. The van der Waals surface area contributed by atoms with E-state index in [2.05, 4.69) is 10.2 Å². The Kier molecular flexibility index (Phi) is 2.78. The topological polar surface area (TPSA) is 93.4 Å². The summed E-state index contributed by atoms with van der Waals surface area (Å²) in [6.45, 7) is 0. The number of anilines is 1. The highest BCUT2D eigenvalue weighted by Crippen LogP contribution is 2.40. The fraction of sp³-hybridized carbons (Fsp3) is 0.182. The van der Waals surface area contributed by atoms with E-state index in [0.29, 0.717) is 28.6 Å². The summed E-state index contributed by atoms with van der Waals surface area (Å²) in [5.41, 5.74) is 6.82. The third kappa shape index (κ3) is 1.96. The van der Waals surface area contributed by atoms with Crippen LogP contribution in [0.4, 0.5) is 5.82 Å². The molecule has 90 valence electrons. The van der Waals surface area contributed by atoms with Crippen LogP contribution in [0.25, 0.3) is 11.3 Å². The number of hydrogen-bond acceptors (Lipinski definition) is 5. The molecule has 0 saturated heterocycles. The Morgan fingerprint density at radius 1 is 1.24 bits per heavy atom. The van der Waals surface area contributed by atoms with Crippen molar-refractivity contribution in [2.75, 3.05) is 20.0 Å². The number of aromatic hydroxyl groups is 1. The lowest BCUT2D eigenvalue weighted by Crippen LogP contribution is -1.93. The summed E-state index contributed by atoms with van der Waals surface area (Å²) in [4.78, 5) is 0. The third-order valence-corrected chi connectivity index (χ3v) is 2.35. The van der Waals surface area contributed by atoms with Gasteiger partial charge in [0.05, 0.1) is 19.9 Å². The first kappa shape index (κ1) is 11.1. The second-order valence-electron chi connectivity index (χ2n) is 3.44. The molecular formula is C11H13N3O3. The van der Waals surface area contributed by atoms with E-state index in [4.69, 9.17) is 15.2 Å². The Bertz CT molecular complexity index is 537. The maximum absolute atomic E-state index is 9.61. The predicted molar refractivity (Wildman–Crippen MR) is 63.2 cm³/mol. The first-order valence-corrected chi connectivity index (χ1v) is 4.92. The van der Waals surface area contributed by atoms with Crippen molar-refractivity contribution in [1.29, 1.82) is 0 Å². The van der Waals surface area contributed by atoms with Crippen molar-refractivity contribution in [3.8, 4) is 28.5 Å². The molecule has 6 nitrogen and oxygen atoms in total. The molecule has 0 spiro atoms. The Hall–Kier alpha value is -2.37. The molecule has 2 rings (SSSR count). The second-order valence-corrected chi connectivity index (χ2v) is 3.44. The summed E-state index contributed by atoms with van der Waals surface area (Å²) >= 11 is 0. The van der Waals surface area contributed by atoms with Crippen LogP contribution in [-0.4, -0.2) is 29.5 Å². The van der Waals surface area contributed by atoms with E-state index >= 15 is 0 Å². The number of phenols is 1. The molecular weight excluding hydrogens is 222 g/mol. The maximum atomic E-state index is 9.61. The van der Waals surface area contributed by atoms with Gasteiger partial charge in [0.2, 0.25) is 0 Å². The van der Waals surface area contributed by atoms with E-state index in [1.54, 1.807) is 12.1 Å². The molecule has 1 heterocycles. The first-order chi connectivity index (χ1) is 8.15. The zero-order valence-electron chi connectivity index (χ0n) is 9.52. The highest BCUT2D eigenvalue weighted by atomic mass is 16.5. The van der Waals surface area contributed by atoms with Gasteiger partial charge in [-0.05, 0) is 6.07 Å². The fourth-order valence-corrected chi connectivity index (χ4v) is 1.63. The number of nitrogens with one attached hydrogen (secondary N) is 1. The van der Waals surface area contributed by atoms with Crippen molar-refractivity contribution < 1.29 is 14.6 Å². The van der Waals surface area contributed by atoms with E-state index in [1.165, 1.54) is 20.3 Å². The molecule has 4 N–H and O–H groups in total. The van der Waals surface area contributed by atoms with Gasteiger partial charge in [-0.3, -0.25) is 5.10 Å². The molecule has 2 aromatic rings. The summed E-state index contributed by atoms with van der Waals surface area (Å²) in [5, 5.41) is 16.2. The van der Waals surface area contributed by atoms with Gasteiger partial charge in [0.1, 0.15) is 11.6 Å². The molecule has 0 atom stereocenters. The van der Waals surface area contributed by atoms with Gasteiger partial charge in [0.15, 0.2) is 11.5 Å². The van der Waals surface area contributed by atoms with Gasteiger partial charge in [0.25, 0.3) is 0 Å². The van der Waals surface area contributed by atoms with Crippen molar-refractivity contribution in [2.45, 2.75) is 0 Å². The van der Waals surface area contributed by atoms with Gasteiger partial charge in [-0.1, -0.05) is 0 Å². The minimum Gasteiger partial charge on any atom is -0.508 e. The number of ether oxygens (including phenoxy) is 2. The zero-order valence-corrected chi connectivity index (χ0v) is 9.52.